The van der Waals surface area contributed by atoms with E-state index in [0.717, 1.165) is 23.4 Å². The zero-order valence-electron chi connectivity index (χ0n) is 14.9. The first-order chi connectivity index (χ1) is 12.2. The Bertz CT molecular complexity index is 717. The number of para-hydroxylation sites is 2. The second-order valence-corrected chi connectivity index (χ2v) is 5.36. The standard InChI is InChI=1S/C19H25N3O3/c1-4-11-25-17-10-9-14(12-18(17)24-3)13-21-19(20)22-15-7-5-6-8-16(15)23-2/h5-10,12H,4,11,13H2,1-3H3,(H3,20,21,22). The van der Waals surface area contributed by atoms with Gasteiger partial charge in [-0.1, -0.05) is 25.1 Å². The second-order valence-electron chi connectivity index (χ2n) is 5.36. The SMILES string of the molecule is CCCOc1ccc(CN=C(N)Nc2ccccc2OC)cc1OC. The van der Waals surface area contributed by atoms with Gasteiger partial charge in [0, 0.05) is 0 Å². The Balaban J connectivity index is 2.04. The number of rotatable bonds is 8. The molecule has 0 fully saturated rings. The first kappa shape index (κ1) is 18.4. The Morgan fingerprint density at radius 2 is 1.80 bits per heavy atom. The minimum Gasteiger partial charge on any atom is -0.495 e. The molecule has 2 rings (SSSR count). The molecule has 0 saturated carbocycles. The van der Waals surface area contributed by atoms with Crippen molar-refractivity contribution in [2.45, 2.75) is 19.9 Å². The van der Waals surface area contributed by atoms with Gasteiger partial charge in [0.25, 0.3) is 0 Å². The van der Waals surface area contributed by atoms with Crippen LogP contribution in [0.25, 0.3) is 0 Å². The monoisotopic (exact) mass is 343 g/mol. The van der Waals surface area contributed by atoms with Crippen molar-refractivity contribution in [3.05, 3.63) is 48.0 Å². The van der Waals surface area contributed by atoms with E-state index in [0.29, 0.717) is 30.6 Å². The molecule has 0 amide bonds. The van der Waals surface area contributed by atoms with Crippen molar-refractivity contribution in [2.24, 2.45) is 10.7 Å². The van der Waals surface area contributed by atoms with Crippen LogP contribution in [0, 0.1) is 0 Å². The predicted molar refractivity (Wildman–Crippen MR) is 101 cm³/mol. The maximum absolute atomic E-state index is 5.97. The van der Waals surface area contributed by atoms with Crippen molar-refractivity contribution < 1.29 is 14.2 Å². The molecule has 6 heteroatoms. The van der Waals surface area contributed by atoms with Gasteiger partial charge in [-0.15, -0.1) is 0 Å². The Morgan fingerprint density at radius 1 is 1.04 bits per heavy atom. The quantitative estimate of drug-likeness (QED) is 0.567. The molecule has 0 saturated heterocycles. The number of hydrogen-bond donors (Lipinski definition) is 2. The van der Waals surface area contributed by atoms with E-state index in [2.05, 4.69) is 17.2 Å². The molecule has 0 aliphatic rings. The normalized spacial score (nSPS) is 11.1. The summed E-state index contributed by atoms with van der Waals surface area (Å²) in [5.41, 5.74) is 7.72. The van der Waals surface area contributed by atoms with Crippen LogP contribution in [-0.2, 0) is 6.54 Å². The number of methoxy groups -OCH3 is 2. The molecular formula is C19H25N3O3. The lowest BCUT2D eigenvalue weighted by atomic mass is 10.2. The first-order valence-corrected chi connectivity index (χ1v) is 8.17. The van der Waals surface area contributed by atoms with E-state index in [9.17, 15) is 0 Å². The molecule has 0 atom stereocenters. The molecule has 0 bridgehead atoms. The summed E-state index contributed by atoms with van der Waals surface area (Å²) in [6.07, 6.45) is 0.945. The van der Waals surface area contributed by atoms with Crippen molar-refractivity contribution in [1.29, 1.82) is 0 Å². The van der Waals surface area contributed by atoms with E-state index >= 15 is 0 Å². The third-order valence-corrected chi connectivity index (χ3v) is 3.49. The highest BCUT2D eigenvalue weighted by molar-refractivity contribution is 5.93. The molecule has 0 aliphatic carbocycles. The Hall–Kier alpha value is -2.89. The number of benzene rings is 2. The van der Waals surface area contributed by atoms with Gasteiger partial charge in [-0.05, 0) is 36.2 Å². The Morgan fingerprint density at radius 3 is 2.52 bits per heavy atom. The van der Waals surface area contributed by atoms with Crippen LogP contribution in [0.5, 0.6) is 17.2 Å². The molecule has 0 radical (unpaired) electrons. The van der Waals surface area contributed by atoms with E-state index < -0.39 is 0 Å². The van der Waals surface area contributed by atoms with Gasteiger partial charge in [-0.25, -0.2) is 4.99 Å². The molecule has 2 aromatic rings. The predicted octanol–water partition coefficient (Wildman–Crippen LogP) is 3.42. The topological polar surface area (TPSA) is 78.1 Å². The molecule has 6 nitrogen and oxygen atoms in total. The maximum atomic E-state index is 5.97. The highest BCUT2D eigenvalue weighted by Crippen LogP contribution is 2.28. The number of nitrogens with zero attached hydrogens (tertiary/aromatic N) is 1. The summed E-state index contributed by atoms with van der Waals surface area (Å²) >= 11 is 0. The third-order valence-electron chi connectivity index (χ3n) is 3.49. The fraction of sp³-hybridized carbons (Fsp3) is 0.316. The van der Waals surface area contributed by atoms with Crippen LogP contribution < -0.4 is 25.3 Å². The summed E-state index contributed by atoms with van der Waals surface area (Å²) in [7, 11) is 3.24. The van der Waals surface area contributed by atoms with Crippen LogP contribution in [0.1, 0.15) is 18.9 Å². The minimum absolute atomic E-state index is 0.315. The van der Waals surface area contributed by atoms with E-state index in [1.165, 1.54) is 0 Å². The summed E-state index contributed by atoms with van der Waals surface area (Å²) in [4.78, 5) is 4.36. The van der Waals surface area contributed by atoms with Crippen LogP contribution >= 0.6 is 0 Å². The summed E-state index contributed by atoms with van der Waals surface area (Å²) in [6.45, 7) is 3.15. The molecule has 0 aliphatic heterocycles. The zero-order valence-corrected chi connectivity index (χ0v) is 14.9. The Labute approximate surface area is 148 Å². The van der Waals surface area contributed by atoms with Gasteiger partial charge in [0.15, 0.2) is 17.5 Å². The third kappa shape index (κ3) is 5.31. The van der Waals surface area contributed by atoms with Gasteiger partial charge >= 0.3 is 0 Å². The summed E-state index contributed by atoms with van der Waals surface area (Å²) in [6, 6.07) is 13.3. The van der Waals surface area contributed by atoms with Gasteiger partial charge in [-0.3, -0.25) is 0 Å². The van der Waals surface area contributed by atoms with Gasteiger partial charge in [0.05, 0.1) is 33.1 Å². The lowest BCUT2D eigenvalue weighted by Gasteiger charge is -2.12. The summed E-state index contributed by atoms with van der Waals surface area (Å²) in [5.74, 6) is 2.45. The number of guanidine groups is 1. The van der Waals surface area contributed by atoms with Crippen molar-refractivity contribution >= 4 is 11.6 Å². The molecular weight excluding hydrogens is 318 g/mol. The van der Waals surface area contributed by atoms with Crippen LogP contribution in [0.2, 0.25) is 0 Å². The van der Waals surface area contributed by atoms with E-state index in [4.69, 9.17) is 19.9 Å². The number of hydrogen-bond acceptors (Lipinski definition) is 4. The largest absolute Gasteiger partial charge is 0.495 e. The van der Waals surface area contributed by atoms with Gasteiger partial charge in [0.2, 0.25) is 0 Å². The number of nitrogens with two attached hydrogens (primary N) is 1. The average Bonchev–Trinajstić information content (AvgIpc) is 2.65. The molecule has 134 valence electrons. The molecule has 3 N–H and O–H groups in total. The second kappa shape index (κ2) is 9.42. The molecule has 0 heterocycles. The van der Waals surface area contributed by atoms with Gasteiger partial charge in [-0.2, -0.15) is 0 Å². The minimum atomic E-state index is 0.315. The van der Waals surface area contributed by atoms with E-state index in [1.807, 2.05) is 42.5 Å². The molecule has 0 spiro atoms. The van der Waals surface area contributed by atoms with Crippen LogP contribution in [0.15, 0.2) is 47.5 Å². The van der Waals surface area contributed by atoms with Crippen molar-refractivity contribution in [2.75, 3.05) is 26.1 Å². The van der Waals surface area contributed by atoms with E-state index in [-0.39, 0.29) is 0 Å². The highest BCUT2D eigenvalue weighted by Gasteiger charge is 2.06. The molecule has 25 heavy (non-hydrogen) atoms. The van der Waals surface area contributed by atoms with Crippen molar-refractivity contribution in [3.8, 4) is 17.2 Å². The van der Waals surface area contributed by atoms with Crippen molar-refractivity contribution in [1.82, 2.24) is 0 Å². The lowest BCUT2D eigenvalue weighted by Crippen LogP contribution is -2.22. The molecule has 0 aromatic heterocycles. The smallest absolute Gasteiger partial charge is 0.193 e. The fourth-order valence-electron chi connectivity index (χ4n) is 2.24. The van der Waals surface area contributed by atoms with Gasteiger partial charge < -0.3 is 25.3 Å². The first-order valence-electron chi connectivity index (χ1n) is 8.17. The molecule has 2 aromatic carbocycles. The number of nitrogens with one attached hydrogen (secondary N) is 1. The number of ether oxygens (including phenoxy) is 3. The van der Waals surface area contributed by atoms with Crippen LogP contribution in [-0.4, -0.2) is 26.8 Å². The lowest BCUT2D eigenvalue weighted by molar-refractivity contribution is 0.294. The fourth-order valence-corrected chi connectivity index (χ4v) is 2.24. The number of aliphatic imine (C=N–C) groups is 1. The highest BCUT2D eigenvalue weighted by atomic mass is 16.5. The zero-order chi connectivity index (χ0) is 18.1. The molecule has 0 unspecified atom stereocenters. The summed E-state index contributed by atoms with van der Waals surface area (Å²) in [5, 5.41) is 3.05. The van der Waals surface area contributed by atoms with Gasteiger partial charge in [0.1, 0.15) is 5.75 Å². The summed E-state index contributed by atoms with van der Waals surface area (Å²) < 4.78 is 16.3. The maximum Gasteiger partial charge on any atom is 0.193 e. The Kier molecular flexibility index (Phi) is 6.95. The van der Waals surface area contributed by atoms with Crippen LogP contribution in [0.4, 0.5) is 5.69 Å². The van der Waals surface area contributed by atoms with Crippen LogP contribution in [0.3, 0.4) is 0 Å². The number of anilines is 1. The van der Waals surface area contributed by atoms with Crippen molar-refractivity contribution in [3.63, 3.8) is 0 Å². The van der Waals surface area contributed by atoms with E-state index in [1.54, 1.807) is 14.2 Å². The average molecular weight is 343 g/mol.